The highest BCUT2D eigenvalue weighted by atomic mass is 35.5. The number of nitrogens with zero attached hydrogens (tertiary/aromatic N) is 2. The van der Waals surface area contributed by atoms with Gasteiger partial charge in [0, 0.05) is 22.5 Å². The van der Waals surface area contributed by atoms with E-state index in [9.17, 15) is 9.59 Å². The number of benzene rings is 2. The van der Waals surface area contributed by atoms with Gasteiger partial charge in [0.1, 0.15) is 18.9 Å². The van der Waals surface area contributed by atoms with Crippen molar-refractivity contribution in [3.05, 3.63) is 87.1 Å². The summed E-state index contributed by atoms with van der Waals surface area (Å²) in [7, 11) is 0. The maximum Gasteiger partial charge on any atom is 0.242 e. The van der Waals surface area contributed by atoms with Crippen LogP contribution in [0.4, 0.5) is 0 Å². The first kappa shape index (κ1) is 25.3. The second kappa shape index (κ2) is 11.7. The second-order valence-corrected chi connectivity index (χ2v) is 10.3. The Balaban J connectivity index is 1.50. The van der Waals surface area contributed by atoms with Gasteiger partial charge in [-0.1, -0.05) is 48.9 Å². The summed E-state index contributed by atoms with van der Waals surface area (Å²) in [6, 6.07) is 18.8. The smallest absolute Gasteiger partial charge is 0.242 e. The third-order valence-corrected chi connectivity index (χ3v) is 7.83. The Morgan fingerprint density at radius 2 is 1.89 bits per heavy atom. The predicted molar refractivity (Wildman–Crippen MR) is 141 cm³/mol. The molecule has 4 rings (SSSR count). The van der Waals surface area contributed by atoms with Crippen molar-refractivity contribution in [2.24, 2.45) is 0 Å². The van der Waals surface area contributed by atoms with Gasteiger partial charge in [0.2, 0.25) is 11.8 Å². The summed E-state index contributed by atoms with van der Waals surface area (Å²) in [6.45, 7) is 5.07. The number of fused-ring (bicyclic) bond motifs is 1. The van der Waals surface area contributed by atoms with Crippen LogP contribution in [0, 0.1) is 0 Å². The third-order valence-electron chi connectivity index (χ3n) is 6.58. The molecule has 7 heteroatoms. The van der Waals surface area contributed by atoms with Crippen molar-refractivity contribution in [3.63, 3.8) is 0 Å². The highest BCUT2D eigenvalue weighted by Crippen LogP contribution is 2.34. The molecule has 5 nitrogen and oxygen atoms in total. The molecule has 0 bridgehead atoms. The van der Waals surface area contributed by atoms with Crippen LogP contribution in [0.25, 0.3) is 0 Å². The first-order chi connectivity index (χ1) is 17.0. The Morgan fingerprint density at radius 3 is 2.60 bits per heavy atom. The molecule has 0 unspecified atom stereocenters. The second-order valence-electron chi connectivity index (χ2n) is 8.86. The SMILES string of the molecule is CC[C@@H](C)N(CC(=O)N1CCc2sccc2[C@H]1COc1ccc(Cl)cc1)C(=O)Cc1ccccc1. The molecule has 2 atom stereocenters. The van der Waals surface area contributed by atoms with Crippen molar-refractivity contribution in [3.8, 4) is 5.75 Å². The van der Waals surface area contributed by atoms with E-state index < -0.39 is 0 Å². The van der Waals surface area contributed by atoms with E-state index in [1.54, 1.807) is 28.4 Å². The van der Waals surface area contributed by atoms with E-state index in [1.165, 1.54) is 4.88 Å². The van der Waals surface area contributed by atoms with Crippen LogP contribution >= 0.6 is 22.9 Å². The van der Waals surface area contributed by atoms with Gasteiger partial charge in [0.15, 0.2) is 0 Å². The van der Waals surface area contributed by atoms with Gasteiger partial charge in [-0.2, -0.15) is 0 Å². The van der Waals surface area contributed by atoms with Crippen molar-refractivity contribution in [2.75, 3.05) is 19.7 Å². The van der Waals surface area contributed by atoms with E-state index in [-0.39, 0.29) is 36.9 Å². The molecule has 0 N–H and O–H groups in total. The summed E-state index contributed by atoms with van der Waals surface area (Å²) in [6.07, 6.45) is 1.89. The molecule has 1 aromatic heterocycles. The van der Waals surface area contributed by atoms with Crippen LogP contribution in [-0.4, -0.2) is 47.4 Å². The fourth-order valence-corrected chi connectivity index (χ4v) is 5.45. The minimum Gasteiger partial charge on any atom is -0.491 e. The average molecular weight is 511 g/mol. The predicted octanol–water partition coefficient (Wildman–Crippen LogP) is 5.78. The van der Waals surface area contributed by atoms with Crippen LogP contribution in [0.1, 0.15) is 42.3 Å². The highest BCUT2D eigenvalue weighted by molar-refractivity contribution is 7.10. The van der Waals surface area contributed by atoms with E-state index in [1.807, 2.05) is 61.2 Å². The zero-order chi connectivity index (χ0) is 24.8. The molecule has 0 saturated heterocycles. The van der Waals surface area contributed by atoms with Gasteiger partial charge in [-0.15, -0.1) is 11.3 Å². The average Bonchev–Trinajstić information content (AvgIpc) is 3.36. The maximum atomic E-state index is 13.6. The summed E-state index contributed by atoms with van der Waals surface area (Å²) in [5, 5.41) is 2.72. The Labute approximate surface area is 216 Å². The minimum absolute atomic E-state index is 0.0268. The van der Waals surface area contributed by atoms with Crippen molar-refractivity contribution in [2.45, 2.75) is 45.2 Å². The van der Waals surface area contributed by atoms with Crippen molar-refractivity contribution < 1.29 is 14.3 Å². The van der Waals surface area contributed by atoms with E-state index in [2.05, 4.69) is 11.4 Å². The van der Waals surface area contributed by atoms with Crippen LogP contribution in [0.3, 0.4) is 0 Å². The number of halogens is 1. The Hall–Kier alpha value is -2.83. The largest absolute Gasteiger partial charge is 0.491 e. The Morgan fingerprint density at radius 1 is 1.14 bits per heavy atom. The number of hydrogen-bond donors (Lipinski definition) is 0. The highest BCUT2D eigenvalue weighted by Gasteiger charge is 2.34. The molecular weight excluding hydrogens is 480 g/mol. The molecule has 35 heavy (non-hydrogen) atoms. The monoisotopic (exact) mass is 510 g/mol. The van der Waals surface area contributed by atoms with Gasteiger partial charge in [-0.3, -0.25) is 9.59 Å². The van der Waals surface area contributed by atoms with E-state index in [0.29, 0.717) is 23.9 Å². The van der Waals surface area contributed by atoms with E-state index >= 15 is 0 Å². The van der Waals surface area contributed by atoms with Gasteiger partial charge in [0.25, 0.3) is 0 Å². The molecule has 0 radical (unpaired) electrons. The maximum absolute atomic E-state index is 13.6. The molecule has 2 amide bonds. The van der Waals surface area contributed by atoms with Crippen LogP contribution in [-0.2, 0) is 22.4 Å². The molecular formula is C28H31ClN2O3S. The molecule has 2 aromatic carbocycles. The quantitative estimate of drug-likeness (QED) is 0.367. The number of amides is 2. The number of hydrogen-bond acceptors (Lipinski definition) is 4. The first-order valence-corrected chi connectivity index (χ1v) is 13.3. The van der Waals surface area contributed by atoms with Crippen LogP contribution in [0.5, 0.6) is 5.75 Å². The van der Waals surface area contributed by atoms with Gasteiger partial charge < -0.3 is 14.5 Å². The summed E-state index contributed by atoms with van der Waals surface area (Å²) < 4.78 is 6.08. The fourth-order valence-electron chi connectivity index (χ4n) is 4.40. The first-order valence-electron chi connectivity index (χ1n) is 12.0. The number of rotatable bonds is 9. The van der Waals surface area contributed by atoms with Crippen LogP contribution in [0.2, 0.25) is 5.02 Å². The lowest BCUT2D eigenvalue weighted by molar-refractivity contribution is -0.144. The Bertz CT molecular complexity index is 1130. The van der Waals surface area contributed by atoms with Gasteiger partial charge >= 0.3 is 0 Å². The van der Waals surface area contributed by atoms with Crippen LogP contribution in [0.15, 0.2) is 66.0 Å². The normalized spacial score (nSPS) is 15.9. The topological polar surface area (TPSA) is 49.9 Å². The minimum atomic E-state index is -0.198. The van der Waals surface area contributed by atoms with Crippen LogP contribution < -0.4 is 4.74 Å². The van der Waals surface area contributed by atoms with Gasteiger partial charge in [-0.25, -0.2) is 0 Å². The molecule has 184 valence electrons. The molecule has 0 fully saturated rings. The summed E-state index contributed by atoms with van der Waals surface area (Å²) >= 11 is 7.72. The summed E-state index contributed by atoms with van der Waals surface area (Å²) in [5.74, 6) is 0.637. The lowest BCUT2D eigenvalue weighted by Gasteiger charge is -2.38. The van der Waals surface area contributed by atoms with Gasteiger partial charge in [0.05, 0.1) is 12.5 Å². The zero-order valence-electron chi connectivity index (χ0n) is 20.2. The number of carbonyl (C=O) groups is 2. The van der Waals surface area contributed by atoms with Crippen molar-refractivity contribution >= 4 is 34.8 Å². The molecule has 2 heterocycles. The molecule has 0 aliphatic carbocycles. The molecule has 0 spiro atoms. The standard InChI is InChI=1S/C28H31ClN2O3S/c1-3-20(2)31(27(32)17-21-7-5-4-6-8-21)18-28(33)30-15-13-26-24(14-16-35-26)25(30)19-34-23-11-9-22(29)10-12-23/h4-12,14,16,20,25H,3,13,15,17-19H2,1-2H3/t20-,25-/m1/s1. The fraction of sp³-hybridized carbons (Fsp3) is 0.357. The lowest BCUT2D eigenvalue weighted by Crippen LogP contribution is -2.50. The molecule has 1 aliphatic rings. The molecule has 1 aliphatic heterocycles. The zero-order valence-corrected chi connectivity index (χ0v) is 21.7. The van der Waals surface area contributed by atoms with Crippen molar-refractivity contribution in [1.29, 1.82) is 0 Å². The summed E-state index contributed by atoms with van der Waals surface area (Å²) in [5.41, 5.74) is 2.09. The van der Waals surface area contributed by atoms with Gasteiger partial charge in [-0.05, 0) is 66.6 Å². The number of carbonyl (C=O) groups excluding carboxylic acids is 2. The van der Waals surface area contributed by atoms with Crippen molar-refractivity contribution in [1.82, 2.24) is 9.80 Å². The number of thiophene rings is 1. The summed E-state index contributed by atoms with van der Waals surface area (Å²) in [4.78, 5) is 31.8. The molecule has 0 saturated carbocycles. The third kappa shape index (κ3) is 6.24. The number of ether oxygens (including phenoxy) is 1. The van der Waals surface area contributed by atoms with E-state index in [4.69, 9.17) is 16.3 Å². The van der Waals surface area contributed by atoms with E-state index in [0.717, 1.165) is 24.0 Å². The molecule has 3 aromatic rings. The lowest BCUT2D eigenvalue weighted by atomic mass is 10.00. The Kier molecular flexibility index (Phi) is 8.47.